The van der Waals surface area contributed by atoms with Gasteiger partial charge < -0.3 is 25.4 Å². The van der Waals surface area contributed by atoms with Crippen LogP contribution < -0.4 is 16.0 Å². The van der Waals surface area contributed by atoms with Crippen LogP contribution >= 0.6 is 11.8 Å². The van der Waals surface area contributed by atoms with Gasteiger partial charge in [-0.1, -0.05) is 6.42 Å². The summed E-state index contributed by atoms with van der Waals surface area (Å²) in [4.78, 5) is 45.0. The van der Waals surface area contributed by atoms with Gasteiger partial charge in [0, 0.05) is 24.0 Å². The largest absolute Gasteiger partial charge is 0.463 e. The highest BCUT2D eigenvalue weighted by molar-refractivity contribution is 8.00. The van der Waals surface area contributed by atoms with Crippen LogP contribution in [0.2, 0.25) is 0 Å². The monoisotopic (exact) mass is 415 g/mol. The van der Waals surface area contributed by atoms with E-state index in [1.807, 2.05) is 11.8 Å². The van der Waals surface area contributed by atoms with E-state index < -0.39 is 5.97 Å². The lowest BCUT2D eigenvalue weighted by Crippen LogP contribution is -2.36. The highest BCUT2D eigenvalue weighted by atomic mass is 32.2. The number of urea groups is 1. The summed E-state index contributed by atoms with van der Waals surface area (Å²) in [6.45, 7) is 2.39. The van der Waals surface area contributed by atoms with Crippen LogP contribution in [-0.4, -0.2) is 73.1 Å². The number of hydrogen-bond donors (Lipinski definition) is 3. The molecule has 0 unspecified atom stereocenters. The maximum absolute atomic E-state index is 11.8. The number of carbonyl (C=O) groups is 4. The second kappa shape index (κ2) is 11.9. The topological polar surface area (TPSA) is 123 Å². The summed E-state index contributed by atoms with van der Waals surface area (Å²) in [6.07, 6.45) is 3.01. The Hall–Kier alpha value is -1.81. The molecule has 0 aromatic rings. The molecule has 9 nitrogen and oxygen atoms in total. The average molecular weight is 416 g/mol. The third-order valence-corrected chi connectivity index (χ3v) is 6.04. The van der Waals surface area contributed by atoms with Gasteiger partial charge in [-0.15, -0.1) is 0 Å². The van der Waals surface area contributed by atoms with Crippen LogP contribution in [0.15, 0.2) is 0 Å². The Kier molecular flexibility index (Phi) is 9.56. The van der Waals surface area contributed by atoms with Crippen molar-refractivity contribution in [2.75, 3.05) is 32.1 Å². The Bertz CT molecular complexity index is 574. The Morgan fingerprint density at radius 3 is 2.79 bits per heavy atom. The van der Waals surface area contributed by atoms with E-state index >= 15 is 0 Å². The number of amides is 3. The predicted octanol–water partition coefficient (Wildman–Crippen LogP) is 0.367. The number of hydrogen-bond acceptors (Lipinski definition) is 7. The van der Waals surface area contributed by atoms with E-state index in [9.17, 15) is 19.2 Å². The van der Waals surface area contributed by atoms with Crippen LogP contribution in [0.1, 0.15) is 39.0 Å². The van der Waals surface area contributed by atoms with E-state index in [0.717, 1.165) is 25.0 Å². The molecule has 2 aliphatic rings. The number of ketones is 1. The number of esters is 1. The summed E-state index contributed by atoms with van der Waals surface area (Å²) in [5.74, 6) is 0.152. The quantitative estimate of drug-likeness (QED) is 0.172. The van der Waals surface area contributed by atoms with Crippen molar-refractivity contribution in [3.8, 4) is 0 Å². The van der Waals surface area contributed by atoms with Crippen molar-refractivity contribution in [1.82, 2.24) is 16.0 Å². The predicted molar refractivity (Wildman–Crippen MR) is 104 cm³/mol. The van der Waals surface area contributed by atoms with Crippen LogP contribution in [-0.2, 0) is 23.9 Å². The van der Waals surface area contributed by atoms with Gasteiger partial charge in [0.2, 0.25) is 5.91 Å². The first-order valence-electron chi connectivity index (χ1n) is 9.64. The van der Waals surface area contributed by atoms with Crippen molar-refractivity contribution >= 4 is 35.5 Å². The van der Waals surface area contributed by atoms with Crippen LogP contribution in [0, 0.1) is 0 Å². The van der Waals surface area contributed by atoms with E-state index in [4.69, 9.17) is 9.47 Å². The summed E-state index contributed by atoms with van der Waals surface area (Å²) in [6, 6.07) is 0.379. The zero-order valence-electron chi connectivity index (χ0n) is 16.2. The number of fused-ring (bicyclic) bond motifs is 1. The number of thioether (sulfide) groups is 1. The standard InChI is InChI=1S/C18H29N3O6S/c1-12(22)10-16(24)27-9-8-26-7-6-19-15(23)5-3-2-4-14-17-13(11-28-14)20-18(25)21-17/h13-14,17H,2-11H2,1H3,(H,19,23)(H2,20,21,25)/t13-,14-,17-/m0/s1. The van der Waals surface area contributed by atoms with E-state index in [0.29, 0.717) is 24.8 Å². The molecule has 158 valence electrons. The Morgan fingerprint density at radius 2 is 2.00 bits per heavy atom. The van der Waals surface area contributed by atoms with Gasteiger partial charge in [0.1, 0.15) is 18.8 Å². The molecule has 10 heteroatoms. The van der Waals surface area contributed by atoms with Crippen LogP contribution in [0.3, 0.4) is 0 Å². The molecule has 2 rings (SSSR count). The normalized spacial score (nSPS) is 22.9. The number of rotatable bonds is 13. The minimum Gasteiger partial charge on any atom is -0.463 e. The van der Waals surface area contributed by atoms with E-state index in [2.05, 4.69) is 16.0 Å². The molecule has 3 atom stereocenters. The minimum atomic E-state index is -0.553. The van der Waals surface area contributed by atoms with Crippen molar-refractivity contribution in [3.63, 3.8) is 0 Å². The zero-order chi connectivity index (χ0) is 20.4. The SMILES string of the molecule is CC(=O)CC(=O)OCCOCCNC(=O)CCCC[C@@H]1SC[C@@H]2NC(=O)N[C@@H]21. The fraction of sp³-hybridized carbons (Fsp3) is 0.778. The molecule has 0 aromatic carbocycles. The Balaban J connectivity index is 1.40. The lowest BCUT2D eigenvalue weighted by atomic mass is 10.0. The van der Waals surface area contributed by atoms with Gasteiger partial charge in [-0.05, 0) is 19.8 Å². The first-order valence-corrected chi connectivity index (χ1v) is 10.7. The summed E-state index contributed by atoms with van der Waals surface area (Å²) in [5.41, 5.74) is 0. The Labute approximate surface area is 169 Å². The molecule has 0 aromatic heterocycles. The molecule has 3 N–H and O–H groups in total. The molecule has 2 fully saturated rings. The van der Waals surface area contributed by atoms with Crippen molar-refractivity contribution in [1.29, 1.82) is 0 Å². The minimum absolute atomic E-state index is 0.00993. The lowest BCUT2D eigenvalue weighted by molar-refractivity contribution is -0.147. The molecule has 2 saturated heterocycles. The molecule has 2 heterocycles. The van der Waals surface area contributed by atoms with E-state index in [-0.39, 0.29) is 49.4 Å². The second-order valence-corrected chi connectivity index (χ2v) is 8.20. The van der Waals surface area contributed by atoms with E-state index in [1.165, 1.54) is 6.92 Å². The van der Waals surface area contributed by atoms with Crippen molar-refractivity contribution in [2.45, 2.75) is 56.4 Å². The zero-order valence-corrected chi connectivity index (χ0v) is 17.0. The summed E-state index contributed by atoms with van der Waals surface area (Å²) in [5, 5.41) is 9.11. The highest BCUT2D eigenvalue weighted by Gasteiger charge is 2.42. The fourth-order valence-electron chi connectivity index (χ4n) is 3.20. The summed E-state index contributed by atoms with van der Waals surface area (Å²) < 4.78 is 10.1. The number of unbranched alkanes of at least 4 members (excludes halogenated alkanes) is 1. The molecule has 28 heavy (non-hydrogen) atoms. The van der Waals surface area contributed by atoms with Crippen molar-refractivity contribution in [3.05, 3.63) is 0 Å². The van der Waals surface area contributed by atoms with Crippen molar-refractivity contribution in [2.24, 2.45) is 0 Å². The van der Waals surface area contributed by atoms with E-state index in [1.54, 1.807) is 0 Å². The second-order valence-electron chi connectivity index (χ2n) is 6.93. The number of Topliss-reactive ketones (excluding diaryl/α,β-unsaturated/α-hetero) is 1. The molecule has 0 radical (unpaired) electrons. The maximum atomic E-state index is 11.8. The molecule has 3 amide bonds. The average Bonchev–Trinajstić information content (AvgIpc) is 3.16. The first kappa shape index (κ1) is 22.5. The summed E-state index contributed by atoms with van der Waals surface area (Å²) >= 11 is 1.88. The number of ether oxygens (including phenoxy) is 2. The maximum Gasteiger partial charge on any atom is 0.315 e. The lowest BCUT2D eigenvalue weighted by Gasteiger charge is -2.16. The van der Waals surface area contributed by atoms with Gasteiger partial charge in [0.15, 0.2) is 0 Å². The van der Waals surface area contributed by atoms with Crippen LogP contribution in [0.5, 0.6) is 0 Å². The van der Waals surface area contributed by atoms with Crippen LogP contribution in [0.4, 0.5) is 4.79 Å². The van der Waals surface area contributed by atoms with Gasteiger partial charge in [-0.2, -0.15) is 11.8 Å². The first-order chi connectivity index (χ1) is 13.5. The number of nitrogens with one attached hydrogen (secondary N) is 3. The molecule has 0 saturated carbocycles. The summed E-state index contributed by atoms with van der Waals surface area (Å²) in [7, 11) is 0. The Morgan fingerprint density at radius 1 is 1.18 bits per heavy atom. The third kappa shape index (κ3) is 8.05. The van der Waals surface area contributed by atoms with Gasteiger partial charge >= 0.3 is 12.0 Å². The van der Waals surface area contributed by atoms with Gasteiger partial charge in [-0.3, -0.25) is 14.4 Å². The van der Waals surface area contributed by atoms with Gasteiger partial charge in [0.05, 0.1) is 25.3 Å². The highest BCUT2D eigenvalue weighted by Crippen LogP contribution is 2.33. The third-order valence-electron chi connectivity index (χ3n) is 4.53. The fourth-order valence-corrected chi connectivity index (χ4v) is 4.74. The molecular weight excluding hydrogens is 386 g/mol. The van der Waals surface area contributed by atoms with Gasteiger partial charge in [0.25, 0.3) is 0 Å². The molecule has 0 spiro atoms. The molecule has 2 aliphatic heterocycles. The van der Waals surface area contributed by atoms with Gasteiger partial charge in [-0.25, -0.2) is 4.79 Å². The van der Waals surface area contributed by atoms with Crippen molar-refractivity contribution < 1.29 is 28.7 Å². The smallest absolute Gasteiger partial charge is 0.315 e. The number of carbonyl (C=O) groups excluding carboxylic acids is 4. The molecule has 0 aliphatic carbocycles. The van der Waals surface area contributed by atoms with Crippen LogP contribution in [0.25, 0.3) is 0 Å². The molecular formula is C18H29N3O6S. The molecule has 0 bridgehead atoms.